The van der Waals surface area contributed by atoms with Gasteiger partial charge in [0.25, 0.3) is 0 Å². The number of rotatable bonds is 4. The predicted molar refractivity (Wildman–Crippen MR) is 64.7 cm³/mol. The van der Waals surface area contributed by atoms with Crippen molar-refractivity contribution in [2.24, 2.45) is 0 Å². The zero-order valence-electron chi connectivity index (χ0n) is 10.2. The van der Waals surface area contributed by atoms with Gasteiger partial charge in [0, 0.05) is 5.56 Å². The highest BCUT2D eigenvalue weighted by Gasteiger charge is 2.10. The molecule has 0 bridgehead atoms. The molecule has 0 radical (unpaired) electrons. The van der Waals surface area contributed by atoms with E-state index in [1.54, 1.807) is 0 Å². The maximum absolute atomic E-state index is 11.0. The maximum atomic E-state index is 11.0. The van der Waals surface area contributed by atoms with E-state index >= 15 is 0 Å². The lowest BCUT2D eigenvalue weighted by molar-refractivity contribution is 0.112. The van der Waals surface area contributed by atoms with E-state index < -0.39 is 0 Å². The topological polar surface area (TPSA) is 17.1 Å². The van der Waals surface area contributed by atoms with Gasteiger partial charge >= 0.3 is 0 Å². The fourth-order valence-corrected chi connectivity index (χ4v) is 2.31. The standard InChI is InChI=1S/C14H20O/c1-5-7-14-10(3)8-12(9-15)13(6-2)11(14)4/h8-9H,5-7H2,1-4H3. The van der Waals surface area contributed by atoms with Gasteiger partial charge in [-0.1, -0.05) is 20.3 Å². The number of hydrogen-bond acceptors (Lipinski definition) is 1. The normalized spacial score (nSPS) is 10.4. The van der Waals surface area contributed by atoms with Crippen molar-refractivity contribution in [2.75, 3.05) is 0 Å². The second-order valence-corrected chi connectivity index (χ2v) is 4.09. The van der Waals surface area contributed by atoms with Gasteiger partial charge in [-0.05, 0) is 55.0 Å². The molecule has 1 heteroatoms. The number of aldehydes is 1. The number of carbonyl (C=O) groups is 1. The Morgan fingerprint density at radius 1 is 1.20 bits per heavy atom. The average Bonchev–Trinajstić information content (AvgIpc) is 2.23. The van der Waals surface area contributed by atoms with Crippen molar-refractivity contribution in [1.29, 1.82) is 0 Å². The molecule has 0 saturated carbocycles. The molecule has 0 aliphatic heterocycles. The molecule has 1 nitrogen and oxygen atoms in total. The Hall–Kier alpha value is -1.11. The van der Waals surface area contributed by atoms with E-state index in [4.69, 9.17) is 0 Å². The van der Waals surface area contributed by atoms with Crippen molar-refractivity contribution in [2.45, 2.75) is 47.0 Å². The predicted octanol–water partition coefficient (Wildman–Crippen LogP) is 3.63. The molecule has 0 unspecified atom stereocenters. The third-order valence-corrected chi connectivity index (χ3v) is 3.08. The van der Waals surface area contributed by atoms with Crippen LogP contribution in [0.25, 0.3) is 0 Å². The Balaban J connectivity index is 3.37. The van der Waals surface area contributed by atoms with Gasteiger partial charge < -0.3 is 0 Å². The summed E-state index contributed by atoms with van der Waals surface area (Å²) in [7, 11) is 0. The van der Waals surface area contributed by atoms with E-state index in [-0.39, 0.29) is 0 Å². The summed E-state index contributed by atoms with van der Waals surface area (Å²) in [5, 5.41) is 0. The minimum atomic E-state index is 0.868. The summed E-state index contributed by atoms with van der Waals surface area (Å²) in [5.74, 6) is 0. The summed E-state index contributed by atoms with van der Waals surface area (Å²) in [6, 6.07) is 2.03. The molecule has 0 amide bonds. The molecule has 0 aliphatic rings. The van der Waals surface area contributed by atoms with Gasteiger partial charge in [0.2, 0.25) is 0 Å². The summed E-state index contributed by atoms with van der Waals surface area (Å²) < 4.78 is 0. The summed E-state index contributed by atoms with van der Waals surface area (Å²) in [5.41, 5.74) is 6.10. The van der Waals surface area contributed by atoms with Crippen LogP contribution in [0.1, 0.15) is 52.9 Å². The number of carbonyl (C=O) groups excluding carboxylic acids is 1. The largest absolute Gasteiger partial charge is 0.298 e. The minimum Gasteiger partial charge on any atom is -0.298 e. The Morgan fingerprint density at radius 2 is 1.87 bits per heavy atom. The molecule has 82 valence electrons. The van der Waals surface area contributed by atoms with Gasteiger partial charge in [-0.2, -0.15) is 0 Å². The highest BCUT2D eigenvalue weighted by atomic mass is 16.1. The van der Waals surface area contributed by atoms with E-state index in [1.165, 1.54) is 22.3 Å². The Labute approximate surface area is 92.5 Å². The van der Waals surface area contributed by atoms with Crippen LogP contribution in [0, 0.1) is 13.8 Å². The van der Waals surface area contributed by atoms with Crippen LogP contribution in [-0.2, 0) is 12.8 Å². The molecule has 0 N–H and O–H groups in total. The summed E-state index contributed by atoms with van der Waals surface area (Å²) in [6.45, 7) is 8.55. The van der Waals surface area contributed by atoms with E-state index in [9.17, 15) is 4.79 Å². The van der Waals surface area contributed by atoms with Gasteiger partial charge in [0.1, 0.15) is 6.29 Å². The first-order valence-corrected chi connectivity index (χ1v) is 5.72. The number of hydrogen-bond donors (Lipinski definition) is 0. The maximum Gasteiger partial charge on any atom is 0.150 e. The third kappa shape index (κ3) is 2.28. The lowest BCUT2D eigenvalue weighted by Crippen LogP contribution is -2.02. The van der Waals surface area contributed by atoms with Crippen LogP contribution >= 0.6 is 0 Å². The average molecular weight is 204 g/mol. The van der Waals surface area contributed by atoms with Crippen molar-refractivity contribution in [3.05, 3.63) is 33.9 Å². The molecule has 15 heavy (non-hydrogen) atoms. The monoisotopic (exact) mass is 204 g/mol. The lowest BCUT2D eigenvalue weighted by atomic mass is 9.90. The van der Waals surface area contributed by atoms with Crippen LogP contribution in [0.5, 0.6) is 0 Å². The first-order valence-electron chi connectivity index (χ1n) is 5.72. The highest BCUT2D eigenvalue weighted by molar-refractivity contribution is 5.79. The van der Waals surface area contributed by atoms with E-state index in [0.29, 0.717) is 0 Å². The van der Waals surface area contributed by atoms with Crippen LogP contribution < -0.4 is 0 Å². The van der Waals surface area contributed by atoms with E-state index in [1.807, 2.05) is 6.07 Å². The number of aryl methyl sites for hydroxylation is 1. The molecule has 0 saturated heterocycles. The van der Waals surface area contributed by atoms with Crippen molar-refractivity contribution >= 4 is 6.29 Å². The lowest BCUT2D eigenvalue weighted by Gasteiger charge is -2.15. The minimum absolute atomic E-state index is 0.868. The Bertz CT molecular complexity index is 364. The molecule has 1 aromatic carbocycles. The second-order valence-electron chi connectivity index (χ2n) is 4.09. The SMILES string of the molecule is CCCc1c(C)cc(C=O)c(CC)c1C. The van der Waals surface area contributed by atoms with Crippen molar-refractivity contribution < 1.29 is 4.79 Å². The van der Waals surface area contributed by atoms with Crippen molar-refractivity contribution in [1.82, 2.24) is 0 Å². The fourth-order valence-electron chi connectivity index (χ4n) is 2.31. The highest BCUT2D eigenvalue weighted by Crippen LogP contribution is 2.23. The van der Waals surface area contributed by atoms with Gasteiger partial charge in [0.15, 0.2) is 0 Å². The molecular formula is C14H20O. The summed E-state index contributed by atoms with van der Waals surface area (Å²) in [4.78, 5) is 11.0. The molecule has 1 rings (SSSR count). The molecular weight excluding hydrogens is 184 g/mol. The first-order chi connectivity index (χ1) is 7.15. The van der Waals surface area contributed by atoms with Gasteiger partial charge in [0.05, 0.1) is 0 Å². The second kappa shape index (κ2) is 5.11. The summed E-state index contributed by atoms with van der Waals surface area (Å²) >= 11 is 0. The van der Waals surface area contributed by atoms with E-state index in [0.717, 1.165) is 31.1 Å². The van der Waals surface area contributed by atoms with Crippen LogP contribution in [-0.4, -0.2) is 6.29 Å². The van der Waals surface area contributed by atoms with Crippen molar-refractivity contribution in [3.63, 3.8) is 0 Å². The molecule has 0 aromatic heterocycles. The molecule has 0 atom stereocenters. The Morgan fingerprint density at radius 3 is 2.33 bits per heavy atom. The zero-order chi connectivity index (χ0) is 11.4. The fraction of sp³-hybridized carbons (Fsp3) is 0.500. The van der Waals surface area contributed by atoms with Crippen molar-refractivity contribution in [3.8, 4) is 0 Å². The quantitative estimate of drug-likeness (QED) is 0.684. The van der Waals surface area contributed by atoms with Crippen LogP contribution in [0.4, 0.5) is 0 Å². The third-order valence-electron chi connectivity index (χ3n) is 3.08. The van der Waals surface area contributed by atoms with Gasteiger partial charge in [-0.3, -0.25) is 4.79 Å². The molecule has 0 fully saturated rings. The number of benzene rings is 1. The summed E-state index contributed by atoms with van der Waals surface area (Å²) in [6.07, 6.45) is 4.19. The zero-order valence-corrected chi connectivity index (χ0v) is 10.2. The molecule has 0 heterocycles. The molecule has 0 spiro atoms. The molecule has 1 aromatic rings. The van der Waals surface area contributed by atoms with Gasteiger partial charge in [-0.15, -0.1) is 0 Å². The van der Waals surface area contributed by atoms with Crippen LogP contribution in [0.15, 0.2) is 6.07 Å². The smallest absolute Gasteiger partial charge is 0.150 e. The first kappa shape index (κ1) is 12.0. The Kier molecular flexibility index (Phi) is 4.07. The van der Waals surface area contributed by atoms with Crippen LogP contribution in [0.3, 0.4) is 0 Å². The van der Waals surface area contributed by atoms with E-state index in [2.05, 4.69) is 27.7 Å². The molecule has 0 aliphatic carbocycles. The van der Waals surface area contributed by atoms with Gasteiger partial charge in [-0.25, -0.2) is 0 Å². The van der Waals surface area contributed by atoms with Crippen LogP contribution in [0.2, 0.25) is 0 Å².